The molecule has 0 amide bonds. The lowest BCUT2D eigenvalue weighted by Gasteiger charge is -2.39. The third-order valence-corrected chi connectivity index (χ3v) is 3.04. The Labute approximate surface area is 84.7 Å². The number of nitrogens with two attached hydrogens (primary N) is 1. The summed E-state index contributed by atoms with van der Waals surface area (Å²) in [5.74, 6) is -0.201. The van der Waals surface area contributed by atoms with Gasteiger partial charge in [0.1, 0.15) is 0 Å². The minimum atomic E-state index is -0.217. The van der Waals surface area contributed by atoms with Crippen molar-refractivity contribution in [1.82, 2.24) is 0 Å². The average Bonchev–Trinajstić information content (AvgIpc) is 2.19. The fourth-order valence-electron chi connectivity index (χ4n) is 1.89. The van der Waals surface area contributed by atoms with Crippen LogP contribution in [0.3, 0.4) is 0 Å². The molecule has 0 aromatic rings. The Hall–Kier alpha value is -0.610. The molecule has 1 heterocycles. The van der Waals surface area contributed by atoms with Gasteiger partial charge in [0.15, 0.2) is 0 Å². The topological polar surface area (TPSA) is 61.5 Å². The average molecular weight is 201 g/mol. The summed E-state index contributed by atoms with van der Waals surface area (Å²) in [7, 11) is 1.40. The van der Waals surface area contributed by atoms with E-state index in [0.29, 0.717) is 13.0 Å². The molecule has 4 heteroatoms. The monoisotopic (exact) mass is 201 g/mol. The van der Waals surface area contributed by atoms with E-state index in [0.717, 1.165) is 19.4 Å². The van der Waals surface area contributed by atoms with Gasteiger partial charge < -0.3 is 15.2 Å². The molecule has 1 aliphatic rings. The Morgan fingerprint density at radius 1 is 1.71 bits per heavy atom. The second-order valence-corrected chi connectivity index (χ2v) is 4.06. The van der Waals surface area contributed by atoms with Crippen LogP contribution in [0.5, 0.6) is 0 Å². The van der Waals surface area contributed by atoms with Gasteiger partial charge in [-0.2, -0.15) is 0 Å². The second-order valence-electron chi connectivity index (χ2n) is 4.06. The van der Waals surface area contributed by atoms with Gasteiger partial charge >= 0.3 is 5.97 Å². The number of hydrogen-bond donors (Lipinski definition) is 1. The van der Waals surface area contributed by atoms with E-state index in [1.54, 1.807) is 0 Å². The maximum Gasteiger partial charge on any atom is 0.306 e. The van der Waals surface area contributed by atoms with Crippen LogP contribution in [0.1, 0.15) is 26.2 Å². The van der Waals surface area contributed by atoms with E-state index in [2.05, 4.69) is 4.74 Å². The van der Waals surface area contributed by atoms with Gasteiger partial charge in [-0.3, -0.25) is 4.79 Å². The Kier molecular flexibility index (Phi) is 3.89. The SMILES string of the molecule is COC(=O)CC1(C(C)N)CCCOC1. The van der Waals surface area contributed by atoms with Gasteiger partial charge in [0, 0.05) is 18.1 Å². The van der Waals surface area contributed by atoms with E-state index in [9.17, 15) is 4.79 Å². The van der Waals surface area contributed by atoms with Crippen molar-refractivity contribution in [3.05, 3.63) is 0 Å². The van der Waals surface area contributed by atoms with Crippen molar-refractivity contribution in [1.29, 1.82) is 0 Å². The van der Waals surface area contributed by atoms with E-state index in [-0.39, 0.29) is 17.4 Å². The molecule has 0 bridgehead atoms. The molecule has 0 aromatic carbocycles. The van der Waals surface area contributed by atoms with Gasteiger partial charge in [-0.15, -0.1) is 0 Å². The molecule has 1 fully saturated rings. The number of carbonyl (C=O) groups excluding carboxylic acids is 1. The first-order valence-electron chi connectivity index (χ1n) is 5.01. The van der Waals surface area contributed by atoms with E-state index in [4.69, 9.17) is 10.5 Å². The van der Waals surface area contributed by atoms with Crippen molar-refractivity contribution < 1.29 is 14.3 Å². The van der Waals surface area contributed by atoms with E-state index in [1.807, 2.05) is 6.92 Å². The van der Waals surface area contributed by atoms with Crippen LogP contribution in [-0.4, -0.2) is 32.3 Å². The summed E-state index contributed by atoms with van der Waals surface area (Å²) in [5, 5.41) is 0. The van der Waals surface area contributed by atoms with Gasteiger partial charge in [-0.1, -0.05) is 0 Å². The first-order chi connectivity index (χ1) is 6.60. The molecule has 14 heavy (non-hydrogen) atoms. The molecule has 2 atom stereocenters. The summed E-state index contributed by atoms with van der Waals surface area (Å²) in [6.45, 7) is 3.27. The van der Waals surface area contributed by atoms with Crippen LogP contribution in [0, 0.1) is 5.41 Å². The van der Waals surface area contributed by atoms with Gasteiger partial charge in [0.05, 0.1) is 20.1 Å². The highest BCUT2D eigenvalue weighted by Gasteiger charge is 2.38. The minimum absolute atomic E-state index is 0.0399. The molecule has 2 N–H and O–H groups in total. The molecule has 0 aromatic heterocycles. The molecule has 0 radical (unpaired) electrons. The second kappa shape index (κ2) is 4.75. The molecular formula is C10H19NO3. The molecule has 0 spiro atoms. The van der Waals surface area contributed by atoms with Crippen molar-refractivity contribution in [2.24, 2.45) is 11.1 Å². The molecule has 1 aliphatic heterocycles. The lowest BCUT2D eigenvalue weighted by atomic mass is 9.74. The Balaban J connectivity index is 2.65. The molecule has 4 nitrogen and oxygen atoms in total. The van der Waals surface area contributed by atoms with Crippen LogP contribution in [-0.2, 0) is 14.3 Å². The smallest absolute Gasteiger partial charge is 0.306 e. The summed E-state index contributed by atoms with van der Waals surface area (Å²) in [5.41, 5.74) is 5.70. The van der Waals surface area contributed by atoms with Crippen molar-refractivity contribution in [2.45, 2.75) is 32.2 Å². The molecule has 1 rings (SSSR count). The molecule has 82 valence electrons. The number of rotatable bonds is 3. The van der Waals surface area contributed by atoms with Crippen LogP contribution in [0.4, 0.5) is 0 Å². The zero-order chi connectivity index (χ0) is 10.6. The van der Waals surface area contributed by atoms with Crippen molar-refractivity contribution >= 4 is 5.97 Å². The largest absolute Gasteiger partial charge is 0.469 e. The van der Waals surface area contributed by atoms with Crippen LogP contribution >= 0.6 is 0 Å². The third kappa shape index (κ3) is 2.45. The Morgan fingerprint density at radius 2 is 2.43 bits per heavy atom. The fraction of sp³-hybridized carbons (Fsp3) is 0.900. The maximum absolute atomic E-state index is 11.3. The highest BCUT2D eigenvalue weighted by molar-refractivity contribution is 5.70. The normalized spacial score (nSPS) is 29.6. The quantitative estimate of drug-likeness (QED) is 0.682. The first-order valence-corrected chi connectivity index (χ1v) is 5.01. The Morgan fingerprint density at radius 3 is 2.86 bits per heavy atom. The molecule has 0 aliphatic carbocycles. The van der Waals surface area contributed by atoms with Crippen LogP contribution in [0.2, 0.25) is 0 Å². The third-order valence-electron chi connectivity index (χ3n) is 3.04. The van der Waals surface area contributed by atoms with Crippen LogP contribution in [0.15, 0.2) is 0 Å². The zero-order valence-electron chi connectivity index (χ0n) is 8.91. The molecule has 1 saturated heterocycles. The number of hydrogen-bond acceptors (Lipinski definition) is 4. The fourth-order valence-corrected chi connectivity index (χ4v) is 1.89. The Bertz CT molecular complexity index is 198. The summed E-state index contributed by atoms with van der Waals surface area (Å²) >= 11 is 0. The van der Waals surface area contributed by atoms with E-state index in [1.165, 1.54) is 7.11 Å². The lowest BCUT2D eigenvalue weighted by molar-refractivity contribution is -0.147. The summed E-state index contributed by atoms with van der Waals surface area (Å²) < 4.78 is 10.1. The van der Waals surface area contributed by atoms with Crippen LogP contribution in [0.25, 0.3) is 0 Å². The predicted molar refractivity (Wildman–Crippen MR) is 52.8 cm³/mol. The van der Waals surface area contributed by atoms with Gasteiger partial charge in [-0.05, 0) is 19.8 Å². The maximum atomic E-state index is 11.3. The summed E-state index contributed by atoms with van der Waals surface area (Å²) in [6.07, 6.45) is 2.28. The summed E-state index contributed by atoms with van der Waals surface area (Å²) in [4.78, 5) is 11.3. The van der Waals surface area contributed by atoms with Gasteiger partial charge in [-0.25, -0.2) is 0 Å². The number of ether oxygens (including phenoxy) is 2. The predicted octanol–water partition coefficient (Wildman–Crippen LogP) is 0.693. The molecule has 0 saturated carbocycles. The zero-order valence-corrected chi connectivity index (χ0v) is 8.91. The van der Waals surface area contributed by atoms with Crippen molar-refractivity contribution in [2.75, 3.05) is 20.3 Å². The lowest BCUT2D eigenvalue weighted by Crippen LogP contribution is -2.47. The minimum Gasteiger partial charge on any atom is -0.469 e. The van der Waals surface area contributed by atoms with Crippen molar-refractivity contribution in [3.63, 3.8) is 0 Å². The molecular weight excluding hydrogens is 182 g/mol. The standard InChI is InChI=1S/C10H19NO3/c1-8(11)10(6-9(12)13-2)4-3-5-14-7-10/h8H,3-7,11H2,1-2H3. The molecule has 2 unspecified atom stereocenters. The first kappa shape index (κ1) is 11.5. The van der Waals surface area contributed by atoms with Gasteiger partial charge in [0.25, 0.3) is 0 Å². The summed E-state index contributed by atoms with van der Waals surface area (Å²) in [6, 6.07) is -0.0399. The highest BCUT2D eigenvalue weighted by atomic mass is 16.5. The highest BCUT2D eigenvalue weighted by Crippen LogP contribution is 2.35. The number of esters is 1. The van der Waals surface area contributed by atoms with E-state index < -0.39 is 0 Å². The number of carbonyl (C=O) groups is 1. The van der Waals surface area contributed by atoms with E-state index >= 15 is 0 Å². The van der Waals surface area contributed by atoms with Crippen molar-refractivity contribution in [3.8, 4) is 0 Å². The van der Waals surface area contributed by atoms with Crippen LogP contribution < -0.4 is 5.73 Å². The van der Waals surface area contributed by atoms with Gasteiger partial charge in [0.2, 0.25) is 0 Å². The number of methoxy groups -OCH3 is 1.